The summed E-state index contributed by atoms with van der Waals surface area (Å²) in [6, 6.07) is 15.0. The second-order valence-electron chi connectivity index (χ2n) is 7.83. The smallest absolute Gasteiger partial charge is 0.262 e. The first-order chi connectivity index (χ1) is 14.9. The van der Waals surface area contributed by atoms with Crippen LogP contribution in [0.1, 0.15) is 36.2 Å². The highest BCUT2D eigenvalue weighted by Gasteiger charge is 2.12. The lowest BCUT2D eigenvalue weighted by molar-refractivity contribution is 0.0743. The first-order valence-corrected chi connectivity index (χ1v) is 11.4. The SMILES string of the molecule is CC(C)OCCCn1c(SCc2ccc(C(=O)N(C)C)cc2)nc2ccccc2c1=O. The molecular formula is C24H29N3O3S. The highest BCUT2D eigenvalue weighted by Crippen LogP contribution is 2.23. The number of hydrogen-bond acceptors (Lipinski definition) is 5. The van der Waals surface area contributed by atoms with Gasteiger partial charge >= 0.3 is 0 Å². The summed E-state index contributed by atoms with van der Waals surface area (Å²) in [4.78, 5) is 31.5. The summed E-state index contributed by atoms with van der Waals surface area (Å²) >= 11 is 1.53. The van der Waals surface area contributed by atoms with Gasteiger partial charge in [-0.1, -0.05) is 36.0 Å². The van der Waals surface area contributed by atoms with E-state index in [-0.39, 0.29) is 17.6 Å². The Morgan fingerprint density at radius 3 is 2.52 bits per heavy atom. The van der Waals surface area contributed by atoms with Crippen LogP contribution in [-0.2, 0) is 17.0 Å². The third-order valence-electron chi connectivity index (χ3n) is 4.78. The fourth-order valence-electron chi connectivity index (χ4n) is 3.15. The molecular weight excluding hydrogens is 410 g/mol. The van der Waals surface area contributed by atoms with Crippen molar-refractivity contribution < 1.29 is 9.53 Å². The maximum Gasteiger partial charge on any atom is 0.262 e. The summed E-state index contributed by atoms with van der Waals surface area (Å²) in [7, 11) is 3.48. The first-order valence-electron chi connectivity index (χ1n) is 10.4. The lowest BCUT2D eigenvalue weighted by Crippen LogP contribution is -2.24. The number of nitrogens with zero attached hydrogens (tertiary/aromatic N) is 3. The molecule has 3 rings (SSSR count). The molecule has 0 saturated heterocycles. The molecule has 0 atom stereocenters. The molecule has 31 heavy (non-hydrogen) atoms. The number of hydrogen-bond donors (Lipinski definition) is 0. The molecule has 0 radical (unpaired) electrons. The van der Waals surface area contributed by atoms with E-state index in [2.05, 4.69) is 0 Å². The zero-order chi connectivity index (χ0) is 22.4. The van der Waals surface area contributed by atoms with E-state index in [1.165, 1.54) is 11.8 Å². The van der Waals surface area contributed by atoms with Crippen molar-refractivity contribution in [2.24, 2.45) is 0 Å². The molecule has 0 unspecified atom stereocenters. The van der Waals surface area contributed by atoms with Gasteiger partial charge < -0.3 is 9.64 Å². The molecule has 164 valence electrons. The van der Waals surface area contributed by atoms with Crippen molar-refractivity contribution in [1.29, 1.82) is 0 Å². The molecule has 0 aliphatic carbocycles. The van der Waals surface area contributed by atoms with Crippen LogP contribution in [0, 0.1) is 0 Å². The molecule has 0 aliphatic rings. The Hall–Kier alpha value is -2.64. The van der Waals surface area contributed by atoms with Gasteiger partial charge in [0.1, 0.15) is 0 Å². The summed E-state index contributed by atoms with van der Waals surface area (Å²) in [6.45, 7) is 5.16. The fraction of sp³-hybridized carbons (Fsp3) is 0.375. The molecule has 0 saturated carbocycles. The molecule has 3 aromatic rings. The van der Waals surface area contributed by atoms with Gasteiger partial charge in [-0.3, -0.25) is 14.2 Å². The van der Waals surface area contributed by atoms with Crippen molar-refractivity contribution in [3.05, 3.63) is 70.0 Å². The van der Waals surface area contributed by atoms with Gasteiger partial charge in [0.2, 0.25) is 0 Å². The van der Waals surface area contributed by atoms with E-state index in [0.717, 1.165) is 12.0 Å². The highest BCUT2D eigenvalue weighted by atomic mass is 32.2. The van der Waals surface area contributed by atoms with E-state index < -0.39 is 0 Å². The maximum absolute atomic E-state index is 13.1. The molecule has 1 aromatic heterocycles. The van der Waals surface area contributed by atoms with Gasteiger partial charge in [-0.2, -0.15) is 0 Å². The van der Waals surface area contributed by atoms with E-state index in [9.17, 15) is 9.59 Å². The van der Waals surface area contributed by atoms with Crippen LogP contribution >= 0.6 is 11.8 Å². The van der Waals surface area contributed by atoms with Crippen molar-refractivity contribution in [2.75, 3.05) is 20.7 Å². The average molecular weight is 440 g/mol. The minimum atomic E-state index is -0.0235. The van der Waals surface area contributed by atoms with Crippen LogP contribution in [-0.4, -0.2) is 47.2 Å². The van der Waals surface area contributed by atoms with Crippen molar-refractivity contribution in [3.63, 3.8) is 0 Å². The molecule has 0 N–H and O–H groups in total. The number of ether oxygens (including phenoxy) is 1. The quantitative estimate of drug-likeness (QED) is 0.284. The number of carbonyl (C=O) groups is 1. The number of aromatic nitrogens is 2. The Morgan fingerprint density at radius 1 is 1.13 bits per heavy atom. The minimum Gasteiger partial charge on any atom is -0.379 e. The van der Waals surface area contributed by atoms with Crippen LogP contribution < -0.4 is 5.56 Å². The first kappa shape index (κ1) is 23.0. The summed E-state index contributed by atoms with van der Waals surface area (Å²) in [5.41, 5.74) is 2.41. The summed E-state index contributed by atoms with van der Waals surface area (Å²) in [5.74, 6) is 0.636. The standard InChI is InChI=1S/C24H29N3O3S/c1-17(2)30-15-7-14-27-23(29)20-8-5-6-9-21(20)25-24(27)31-16-18-10-12-19(13-11-18)22(28)26(3)4/h5-6,8-13,17H,7,14-16H2,1-4H3. The number of rotatable bonds is 9. The molecule has 7 heteroatoms. The Morgan fingerprint density at radius 2 is 1.84 bits per heavy atom. The van der Waals surface area contributed by atoms with E-state index in [4.69, 9.17) is 9.72 Å². The van der Waals surface area contributed by atoms with Crippen LogP contribution in [0.25, 0.3) is 10.9 Å². The fourth-order valence-corrected chi connectivity index (χ4v) is 4.13. The van der Waals surface area contributed by atoms with E-state index in [0.29, 0.717) is 40.5 Å². The number of fused-ring (bicyclic) bond motifs is 1. The topological polar surface area (TPSA) is 64.4 Å². The largest absolute Gasteiger partial charge is 0.379 e. The number of carbonyl (C=O) groups excluding carboxylic acids is 1. The van der Waals surface area contributed by atoms with Crippen LogP contribution in [0.15, 0.2) is 58.5 Å². The van der Waals surface area contributed by atoms with Crippen molar-refractivity contribution in [1.82, 2.24) is 14.5 Å². The molecule has 0 aliphatic heterocycles. The lowest BCUT2D eigenvalue weighted by Gasteiger charge is -2.14. The second kappa shape index (κ2) is 10.6. The number of amides is 1. The zero-order valence-corrected chi connectivity index (χ0v) is 19.3. The van der Waals surface area contributed by atoms with Crippen LogP contribution in [0.2, 0.25) is 0 Å². The Balaban J connectivity index is 1.80. The minimum absolute atomic E-state index is 0.0205. The van der Waals surface area contributed by atoms with E-state index in [1.807, 2.05) is 62.4 Å². The Bertz CT molecular complexity index is 1090. The Kier molecular flexibility index (Phi) is 7.87. The van der Waals surface area contributed by atoms with E-state index >= 15 is 0 Å². The van der Waals surface area contributed by atoms with Crippen molar-refractivity contribution >= 4 is 28.6 Å². The highest BCUT2D eigenvalue weighted by molar-refractivity contribution is 7.98. The third-order valence-corrected chi connectivity index (χ3v) is 5.83. The molecule has 0 bridgehead atoms. The predicted molar refractivity (Wildman–Crippen MR) is 126 cm³/mol. The molecule has 1 amide bonds. The molecule has 6 nitrogen and oxygen atoms in total. The van der Waals surface area contributed by atoms with Gasteiger partial charge in [0.05, 0.1) is 17.0 Å². The van der Waals surface area contributed by atoms with Crippen LogP contribution in [0.5, 0.6) is 0 Å². The summed E-state index contributed by atoms with van der Waals surface area (Å²) < 4.78 is 7.38. The number of benzene rings is 2. The molecule has 0 fully saturated rings. The van der Waals surface area contributed by atoms with Crippen molar-refractivity contribution in [2.45, 2.75) is 43.8 Å². The average Bonchev–Trinajstić information content (AvgIpc) is 2.76. The van der Waals surface area contributed by atoms with Crippen molar-refractivity contribution in [3.8, 4) is 0 Å². The summed E-state index contributed by atoms with van der Waals surface area (Å²) in [5, 5.41) is 1.32. The van der Waals surface area contributed by atoms with Gasteiger partial charge in [-0.15, -0.1) is 0 Å². The Labute approximate surface area is 187 Å². The predicted octanol–water partition coefficient (Wildman–Crippen LogP) is 4.21. The van der Waals surface area contributed by atoms with Gasteiger partial charge in [-0.25, -0.2) is 4.98 Å². The van der Waals surface area contributed by atoms with Gasteiger partial charge in [0.15, 0.2) is 5.16 Å². The molecule has 1 heterocycles. The van der Waals surface area contributed by atoms with Crippen LogP contribution in [0.3, 0.4) is 0 Å². The zero-order valence-electron chi connectivity index (χ0n) is 18.5. The molecule has 2 aromatic carbocycles. The van der Waals surface area contributed by atoms with Gasteiger partial charge in [0.25, 0.3) is 11.5 Å². The van der Waals surface area contributed by atoms with Gasteiger partial charge in [0, 0.05) is 38.6 Å². The second-order valence-corrected chi connectivity index (χ2v) is 8.77. The monoisotopic (exact) mass is 439 g/mol. The summed E-state index contributed by atoms with van der Waals surface area (Å²) in [6.07, 6.45) is 0.912. The molecule has 0 spiro atoms. The van der Waals surface area contributed by atoms with Crippen LogP contribution in [0.4, 0.5) is 0 Å². The third kappa shape index (κ3) is 5.95. The maximum atomic E-state index is 13.1. The van der Waals surface area contributed by atoms with Gasteiger partial charge in [-0.05, 0) is 50.1 Å². The number of thioether (sulfide) groups is 1. The lowest BCUT2D eigenvalue weighted by atomic mass is 10.1. The normalized spacial score (nSPS) is 11.3. The van der Waals surface area contributed by atoms with E-state index in [1.54, 1.807) is 23.6 Å². The number of para-hydroxylation sites is 1.